The molecule has 94 valence electrons. The first kappa shape index (κ1) is 13.4. The summed E-state index contributed by atoms with van der Waals surface area (Å²) in [7, 11) is 1.60. The molecule has 0 aliphatic carbocycles. The molecule has 0 spiro atoms. The number of hydrogen-bond acceptors (Lipinski definition) is 3. The van der Waals surface area contributed by atoms with Gasteiger partial charge in [-0.1, -0.05) is 0 Å². The Hall–Kier alpha value is -1.62. The van der Waals surface area contributed by atoms with Gasteiger partial charge < -0.3 is 15.2 Å². The summed E-state index contributed by atoms with van der Waals surface area (Å²) in [5, 5.41) is 11.7. The van der Waals surface area contributed by atoms with E-state index in [-0.39, 0.29) is 17.3 Å². The third kappa shape index (κ3) is 4.03. The number of anilines is 1. The van der Waals surface area contributed by atoms with Gasteiger partial charge in [0.25, 0.3) is 0 Å². The zero-order valence-electron chi connectivity index (χ0n) is 9.87. The van der Waals surface area contributed by atoms with Gasteiger partial charge in [-0.3, -0.25) is 0 Å². The summed E-state index contributed by atoms with van der Waals surface area (Å²) in [4.78, 5) is 10.8. The lowest BCUT2D eigenvalue weighted by Crippen LogP contribution is -2.18. The monoisotopic (exact) mass is 241 g/mol. The van der Waals surface area contributed by atoms with E-state index in [0.717, 1.165) is 6.07 Å². The van der Waals surface area contributed by atoms with Gasteiger partial charge in [0.15, 0.2) is 0 Å². The second-order valence-corrected chi connectivity index (χ2v) is 3.83. The molecule has 0 aliphatic heterocycles. The Labute approximate surface area is 99.4 Å². The molecule has 0 aromatic heterocycles. The predicted octanol–water partition coefficient (Wildman–Crippen LogP) is 2.36. The Bertz CT molecular complexity index is 395. The fraction of sp³-hybridized carbons (Fsp3) is 0.417. The van der Waals surface area contributed by atoms with Crippen molar-refractivity contribution in [2.24, 2.45) is 0 Å². The standard InChI is InChI=1S/C12H16FNO3/c1-8(5-6-17-2)14-11-7-9(12(15)16)3-4-10(11)13/h3-4,7-8,14H,5-6H2,1-2H3,(H,15,16). The van der Waals surface area contributed by atoms with Crippen LogP contribution in [-0.2, 0) is 4.74 Å². The number of nitrogens with one attached hydrogen (secondary N) is 1. The number of carboxylic acids is 1. The van der Waals surface area contributed by atoms with Crippen LogP contribution in [0.15, 0.2) is 18.2 Å². The molecular weight excluding hydrogens is 225 g/mol. The molecule has 0 aliphatic rings. The fourth-order valence-corrected chi connectivity index (χ4v) is 1.40. The molecule has 1 unspecified atom stereocenters. The molecule has 1 rings (SSSR count). The molecule has 0 amide bonds. The molecule has 0 heterocycles. The maximum Gasteiger partial charge on any atom is 0.335 e. The first-order chi connectivity index (χ1) is 8.04. The van der Waals surface area contributed by atoms with Crippen LogP contribution in [0.4, 0.5) is 10.1 Å². The molecule has 0 radical (unpaired) electrons. The third-order valence-electron chi connectivity index (χ3n) is 2.37. The van der Waals surface area contributed by atoms with Crippen LogP contribution in [0.3, 0.4) is 0 Å². The molecule has 4 nitrogen and oxygen atoms in total. The minimum atomic E-state index is -1.07. The average Bonchev–Trinajstić information content (AvgIpc) is 2.29. The van der Waals surface area contributed by atoms with Crippen LogP contribution in [0, 0.1) is 5.82 Å². The highest BCUT2D eigenvalue weighted by atomic mass is 19.1. The average molecular weight is 241 g/mol. The van der Waals surface area contributed by atoms with Crippen molar-refractivity contribution in [3.8, 4) is 0 Å². The molecule has 0 fully saturated rings. The van der Waals surface area contributed by atoms with E-state index in [1.54, 1.807) is 7.11 Å². The van der Waals surface area contributed by atoms with Crippen LogP contribution < -0.4 is 5.32 Å². The topological polar surface area (TPSA) is 58.6 Å². The molecule has 0 bridgehead atoms. The lowest BCUT2D eigenvalue weighted by Gasteiger charge is -2.15. The van der Waals surface area contributed by atoms with Gasteiger partial charge >= 0.3 is 5.97 Å². The van der Waals surface area contributed by atoms with Crippen molar-refractivity contribution in [2.45, 2.75) is 19.4 Å². The largest absolute Gasteiger partial charge is 0.478 e. The number of aromatic carboxylic acids is 1. The predicted molar refractivity (Wildman–Crippen MR) is 62.9 cm³/mol. The summed E-state index contributed by atoms with van der Waals surface area (Å²) in [6, 6.07) is 3.69. The summed E-state index contributed by atoms with van der Waals surface area (Å²) in [6.45, 7) is 2.44. The zero-order chi connectivity index (χ0) is 12.8. The number of hydrogen-bond donors (Lipinski definition) is 2. The Kier molecular flexibility index (Phi) is 4.90. The first-order valence-corrected chi connectivity index (χ1v) is 5.33. The van der Waals surface area contributed by atoms with Gasteiger partial charge in [-0.05, 0) is 31.5 Å². The minimum absolute atomic E-state index is 0.00787. The zero-order valence-corrected chi connectivity index (χ0v) is 9.87. The van der Waals surface area contributed by atoms with E-state index in [2.05, 4.69) is 5.32 Å². The molecule has 1 aromatic carbocycles. The van der Waals surface area contributed by atoms with E-state index in [1.807, 2.05) is 6.92 Å². The van der Waals surface area contributed by atoms with Crippen molar-refractivity contribution < 1.29 is 19.0 Å². The highest BCUT2D eigenvalue weighted by molar-refractivity contribution is 5.88. The number of halogens is 1. The van der Waals surface area contributed by atoms with E-state index in [1.165, 1.54) is 12.1 Å². The molecule has 1 aromatic rings. The summed E-state index contributed by atoms with van der Waals surface area (Å²) in [6.07, 6.45) is 0.716. The van der Waals surface area contributed by atoms with Gasteiger partial charge in [0.05, 0.1) is 11.3 Å². The van der Waals surface area contributed by atoms with Crippen molar-refractivity contribution in [1.82, 2.24) is 0 Å². The Morgan fingerprint density at radius 2 is 2.29 bits per heavy atom. The van der Waals surface area contributed by atoms with Crippen molar-refractivity contribution in [1.29, 1.82) is 0 Å². The second-order valence-electron chi connectivity index (χ2n) is 3.83. The molecule has 0 saturated carbocycles. The van der Waals surface area contributed by atoms with Crippen molar-refractivity contribution >= 4 is 11.7 Å². The van der Waals surface area contributed by atoms with E-state index in [0.29, 0.717) is 13.0 Å². The number of ether oxygens (including phenoxy) is 1. The second kappa shape index (κ2) is 6.20. The van der Waals surface area contributed by atoms with E-state index < -0.39 is 11.8 Å². The molecule has 17 heavy (non-hydrogen) atoms. The summed E-state index contributed by atoms with van der Waals surface area (Å²) in [5.74, 6) is -1.53. The number of methoxy groups -OCH3 is 1. The van der Waals surface area contributed by atoms with Crippen LogP contribution in [0.1, 0.15) is 23.7 Å². The normalized spacial score (nSPS) is 12.2. The number of carbonyl (C=O) groups is 1. The van der Waals surface area contributed by atoms with Crippen molar-refractivity contribution in [2.75, 3.05) is 19.0 Å². The van der Waals surface area contributed by atoms with Crippen LogP contribution >= 0.6 is 0 Å². The quantitative estimate of drug-likeness (QED) is 0.802. The van der Waals surface area contributed by atoms with E-state index in [4.69, 9.17) is 9.84 Å². The lowest BCUT2D eigenvalue weighted by atomic mass is 10.1. The van der Waals surface area contributed by atoms with Crippen molar-refractivity contribution in [3.05, 3.63) is 29.6 Å². The summed E-state index contributed by atoms with van der Waals surface area (Å²) < 4.78 is 18.3. The summed E-state index contributed by atoms with van der Waals surface area (Å²) >= 11 is 0. The fourth-order valence-electron chi connectivity index (χ4n) is 1.40. The van der Waals surface area contributed by atoms with Crippen LogP contribution in [-0.4, -0.2) is 30.8 Å². The molecule has 0 saturated heterocycles. The van der Waals surface area contributed by atoms with Gasteiger partial charge in [0.2, 0.25) is 0 Å². The van der Waals surface area contributed by atoms with Gasteiger partial charge in [-0.15, -0.1) is 0 Å². The number of carboxylic acid groups (broad SMARTS) is 1. The minimum Gasteiger partial charge on any atom is -0.478 e. The van der Waals surface area contributed by atoms with Gasteiger partial charge in [-0.2, -0.15) is 0 Å². The molecule has 2 N–H and O–H groups in total. The number of rotatable bonds is 6. The highest BCUT2D eigenvalue weighted by Crippen LogP contribution is 2.17. The maximum atomic E-state index is 13.4. The third-order valence-corrected chi connectivity index (χ3v) is 2.37. The van der Waals surface area contributed by atoms with E-state index >= 15 is 0 Å². The number of benzene rings is 1. The Morgan fingerprint density at radius 3 is 2.88 bits per heavy atom. The first-order valence-electron chi connectivity index (χ1n) is 5.33. The van der Waals surface area contributed by atoms with Gasteiger partial charge in [-0.25, -0.2) is 9.18 Å². The van der Waals surface area contributed by atoms with Gasteiger partial charge in [0.1, 0.15) is 5.82 Å². The molecular formula is C12H16FNO3. The maximum absolute atomic E-state index is 13.4. The van der Waals surface area contributed by atoms with Crippen LogP contribution in [0.5, 0.6) is 0 Å². The van der Waals surface area contributed by atoms with E-state index in [9.17, 15) is 9.18 Å². The molecule has 1 atom stereocenters. The lowest BCUT2D eigenvalue weighted by molar-refractivity contribution is 0.0697. The Balaban J connectivity index is 2.75. The van der Waals surface area contributed by atoms with Gasteiger partial charge in [0, 0.05) is 19.8 Å². The van der Waals surface area contributed by atoms with Crippen molar-refractivity contribution in [3.63, 3.8) is 0 Å². The van der Waals surface area contributed by atoms with Crippen LogP contribution in [0.25, 0.3) is 0 Å². The smallest absolute Gasteiger partial charge is 0.335 e. The summed E-state index contributed by atoms with van der Waals surface area (Å²) in [5.41, 5.74) is 0.265. The molecule has 5 heteroatoms. The van der Waals surface area contributed by atoms with Crippen LogP contribution in [0.2, 0.25) is 0 Å². The SMILES string of the molecule is COCCC(C)Nc1cc(C(=O)O)ccc1F. The Morgan fingerprint density at radius 1 is 1.59 bits per heavy atom. The highest BCUT2D eigenvalue weighted by Gasteiger charge is 2.10.